The average Bonchev–Trinajstić information content (AvgIpc) is 3.38. The van der Waals surface area contributed by atoms with Crippen molar-refractivity contribution < 1.29 is 0 Å². The summed E-state index contributed by atoms with van der Waals surface area (Å²) in [4.78, 5) is 17.9. The van der Waals surface area contributed by atoms with Crippen LogP contribution in [0.25, 0.3) is 61.4 Å². The highest BCUT2D eigenvalue weighted by molar-refractivity contribution is 6.11. The number of nitriles is 2. The molecule has 0 aliphatic carbocycles. The second-order valence-electron chi connectivity index (χ2n) is 10.9. The van der Waals surface area contributed by atoms with Crippen molar-refractivity contribution in [2.75, 3.05) is 0 Å². The molecule has 0 spiro atoms. The van der Waals surface area contributed by atoms with Gasteiger partial charge in [-0.2, -0.15) is 10.5 Å². The molecular weight excluding hydrogens is 542 g/mol. The third kappa shape index (κ3) is 4.45. The van der Waals surface area contributed by atoms with Crippen molar-refractivity contribution in [1.82, 2.24) is 24.5 Å². The van der Waals surface area contributed by atoms with E-state index in [0.29, 0.717) is 22.8 Å². The molecule has 0 fully saturated rings. The zero-order valence-electron chi connectivity index (χ0n) is 24.4. The number of aryl methyl sites for hydroxylation is 3. The van der Waals surface area contributed by atoms with Gasteiger partial charge in [-0.3, -0.25) is 0 Å². The highest BCUT2D eigenvalue weighted by Gasteiger charge is 2.19. The Labute approximate surface area is 254 Å². The first-order valence-corrected chi connectivity index (χ1v) is 14.2. The van der Waals surface area contributed by atoms with Crippen LogP contribution in [0.5, 0.6) is 0 Å². The van der Waals surface area contributed by atoms with Gasteiger partial charge in [-0.15, -0.1) is 0 Å². The van der Waals surface area contributed by atoms with Gasteiger partial charge in [0.15, 0.2) is 11.6 Å². The minimum absolute atomic E-state index is 0.382. The molecule has 3 aromatic heterocycles. The second-order valence-corrected chi connectivity index (χ2v) is 10.9. The first-order chi connectivity index (χ1) is 21.4. The Bertz CT molecular complexity index is 2290. The summed E-state index contributed by atoms with van der Waals surface area (Å²) in [6, 6.07) is 29.7. The van der Waals surface area contributed by atoms with Crippen molar-refractivity contribution >= 4 is 21.8 Å². The molecule has 0 saturated carbocycles. The predicted octanol–water partition coefficient (Wildman–Crippen LogP) is 8.03. The zero-order chi connectivity index (χ0) is 30.4. The van der Waals surface area contributed by atoms with Crippen LogP contribution in [-0.4, -0.2) is 24.5 Å². The smallest absolute Gasteiger partial charge is 0.161 e. The molecule has 7 nitrogen and oxygen atoms in total. The van der Waals surface area contributed by atoms with Crippen molar-refractivity contribution in [1.29, 1.82) is 10.5 Å². The quantitative estimate of drug-likeness (QED) is 0.213. The summed E-state index contributed by atoms with van der Waals surface area (Å²) >= 11 is 0. The van der Waals surface area contributed by atoms with E-state index in [9.17, 15) is 10.5 Å². The van der Waals surface area contributed by atoms with E-state index in [1.165, 1.54) is 52.6 Å². The molecule has 0 atom stereocenters. The molecule has 0 aliphatic rings. The Kier molecular flexibility index (Phi) is 6.42. The summed E-state index contributed by atoms with van der Waals surface area (Å²) < 4.78 is 2.24. The first-order valence-electron chi connectivity index (χ1n) is 14.2. The third-order valence-corrected chi connectivity index (χ3v) is 7.94. The Balaban J connectivity index is 1.49. The molecule has 0 N–H and O–H groups in total. The van der Waals surface area contributed by atoms with E-state index in [-0.39, 0.29) is 0 Å². The lowest BCUT2D eigenvalue weighted by atomic mass is 9.93. The minimum atomic E-state index is 0.382. The van der Waals surface area contributed by atoms with E-state index in [4.69, 9.17) is 0 Å². The van der Waals surface area contributed by atoms with E-state index in [1.54, 1.807) is 0 Å². The van der Waals surface area contributed by atoms with Gasteiger partial charge in [0.1, 0.15) is 12.1 Å². The summed E-state index contributed by atoms with van der Waals surface area (Å²) in [6.45, 7) is 6.48. The van der Waals surface area contributed by atoms with Crippen molar-refractivity contribution in [2.45, 2.75) is 20.8 Å². The van der Waals surface area contributed by atoms with Crippen molar-refractivity contribution in [3.05, 3.63) is 125 Å². The van der Waals surface area contributed by atoms with Gasteiger partial charge in [-0.05, 0) is 79.4 Å². The lowest BCUT2D eigenvalue weighted by Gasteiger charge is -2.15. The number of rotatable bonds is 4. The number of benzene rings is 4. The molecule has 0 saturated heterocycles. The predicted molar refractivity (Wildman–Crippen MR) is 172 cm³/mol. The van der Waals surface area contributed by atoms with Crippen LogP contribution in [0.15, 0.2) is 97.6 Å². The van der Waals surface area contributed by atoms with Gasteiger partial charge >= 0.3 is 0 Å². The number of aromatic nitrogens is 5. The fraction of sp³-hybridized carbons (Fsp3) is 0.0811. The molecule has 4 aromatic carbocycles. The maximum atomic E-state index is 9.36. The molecule has 0 radical (unpaired) electrons. The van der Waals surface area contributed by atoms with Crippen molar-refractivity contribution in [2.24, 2.45) is 0 Å². The molecule has 208 valence electrons. The molecule has 0 amide bonds. The van der Waals surface area contributed by atoms with Crippen LogP contribution in [0, 0.1) is 43.4 Å². The summed E-state index contributed by atoms with van der Waals surface area (Å²) in [5.41, 5.74) is 11.5. The van der Waals surface area contributed by atoms with Crippen molar-refractivity contribution in [3.63, 3.8) is 0 Å². The summed E-state index contributed by atoms with van der Waals surface area (Å²) in [5, 5.41) is 20.8. The minimum Gasteiger partial charge on any atom is -0.309 e. The molecule has 7 aromatic rings. The highest BCUT2D eigenvalue weighted by Crippen LogP contribution is 2.39. The summed E-state index contributed by atoms with van der Waals surface area (Å²) in [7, 11) is 0. The lowest BCUT2D eigenvalue weighted by molar-refractivity contribution is 1.12. The fourth-order valence-corrected chi connectivity index (χ4v) is 6.13. The zero-order valence-corrected chi connectivity index (χ0v) is 24.4. The Morgan fingerprint density at radius 2 is 1.18 bits per heavy atom. The molecule has 7 heteroatoms. The molecule has 0 unspecified atom stereocenters. The standard InChI is InChI=1S/C37H25N7/c1-22-12-23(2)35(24(3)13-22)27-8-10-33-30(14-27)29-6-4-5-7-32(29)44(33)34-11-9-28(36-40-18-25(16-38)19-41-36)15-31(34)37-42-20-26(17-39)21-43-37/h4-15,18-21H,1-3H3. The van der Waals surface area contributed by atoms with Gasteiger partial charge in [0.2, 0.25) is 0 Å². The highest BCUT2D eigenvalue weighted by atomic mass is 15.0. The van der Waals surface area contributed by atoms with Crippen LogP contribution < -0.4 is 0 Å². The van der Waals surface area contributed by atoms with E-state index < -0.39 is 0 Å². The number of hydrogen-bond donors (Lipinski definition) is 0. The molecule has 3 heterocycles. The maximum Gasteiger partial charge on any atom is 0.161 e. The number of fused-ring (bicyclic) bond motifs is 3. The fourth-order valence-electron chi connectivity index (χ4n) is 6.13. The number of hydrogen-bond acceptors (Lipinski definition) is 6. The molecule has 7 rings (SSSR count). The largest absolute Gasteiger partial charge is 0.309 e. The normalized spacial score (nSPS) is 11.0. The first kappa shape index (κ1) is 26.7. The molecule has 44 heavy (non-hydrogen) atoms. The van der Waals surface area contributed by atoms with Gasteiger partial charge in [0, 0.05) is 46.7 Å². The molecule has 0 bridgehead atoms. The van der Waals surface area contributed by atoms with Crippen LogP contribution in [0.2, 0.25) is 0 Å². The maximum absolute atomic E-state index is 9.36. The van der Waals surface area contributed by atoms with Gasteiger partial charge in [0.05, 0.1) is 27.8 Å². The Morgan fingerprint density at radius 1 is 0.591 bits per heavy atom. The van der Waals surface area contributed by atoms with Gasteiger partial charge < -0.3 is 4.57 Å². The second kappa shape index (κ2) is 10.6. The molecular formula is C37H25N7. The van der Waals surface area contributed by atoms with Crippen LogP contribution >= 0.6 is 0 Å². The Hall–Kier alpha value is -6.18. The van der Waals surface area contributed by atoms with Crippen LogP contribution in [0.1, 0.15) is 27.8 Å². The van der Waals surface area contributed by atoms with E-state index >= 15 is 0 Å². The van der Waals surface area contributed by atoms with Crippen LogP contribution in [0.4, 0.5) is 0 Å². The number of nitrogens with zero attached hydrogens (tertiary/aromatic N) is 7. The van der Waals surface area contributed by atoms with Gasteiger partial charge in [0.25, 0.3) is 0 Å². The average molecular weight is 568 g/mol. The monoisotopic (exact) mass is 567 g/mol. The van der Waals surface area contributed by atoms with Gasteiger partial charge in [-0.25, -0.2) is 19.9 Å². The summed E-state index contributed by atoms with van der Waals surface area (Å²) in [6.07, 6.45) is 6.08. The van der Waals surface area contributed by atoms with E-state index in [1.807, 2.05) is 24.3 Å². The topological polar surface area (TPSA) is 104 Å². The summed E-state index contributed by atoms with van der Waals surface area (Å²) in [5.74, 6) is 0.962. The van der Waals surface area contributed by atoms with Crippen LogP contribution in [0.3, 0.4) is 0 Å². The lowest BCUT2D eigenvalue weighted by Crippen LogP contribution is -2.01. The number of para-hydroxylation sites is 1. The molecule has 0 aliphatic heterocycles. The van der Waals surface area contributed by atoms with Crippen molar-refractivity contribution in [3.8, 4) is 51.7 Å². The van der Waals surface area contributed by atoms with E-state index in [2.05, 4.69) is 106 Å². The van der Waals surface area contributed by atoms with Gasteiger partial charge in [-0.1, -0.05) is 42.0 Å². The van der Waals surface area contributed by atoms with Crippen LogP contribution in [-0.2, 0) is 0 Å². The van der Waals surface area contributed by atoms with E-state index in [0.717, 1.165) is 38.6 Å². The SMILES string of the molecule is Cc1cc(C)c(-c2ccc3c(c2)c2ccccc2n3-c2ccc(-c3ncc(C#N)cn3)cc2-c2ncc(C#N)cn2)c(C)c1. The Morgan fingerprint density at radius 3 is 1.84 bits per heavy atom. The third-order valence-electron chi connectivity index (χ3n) is 7.94.